The molecular weight excluding hydrogens is 362 g/mol. The zero-order chi connectivity index (χ0) is 21.2. The molecule has 2 rings (SSSR count). The van der Waals surface area contributed by atoms with Crippen molar-refractivity contribution in [2.45, 2.75) is 84.3 Å². The summed E-state index contributed by atoms with van der Waals surface area (Å²) >= 11 is 0. The van der Waals surface area contributed by atoms with Crippen molar-refractivity contribution in [2.75, 3.05) is 6.54 Å². The molecule has 0 aromatic carbocycles. The van der Waals surface area contributed by atoms with Gasteiger partial charge in [0.25, 0.3) is 0 Å². The zero-order valence-corrected chi connectivity index (χ0v) is 18.4. The number of rotatable bonds is 10. The maximum absolute atomic E-state index is 11.7. The Hall–Kier alpha value is -1.57. The molecule has 0 heterocycles. The number of hydrogen-bond acceptors (Lipinski definition) is 3. The van der Waals surface area contributed by atoms with Crippen molar-refractivity contribution < 1.29 is 15.0 Å². The largest absolute Gasteiger partial charge is 0.392 e. The lowest BCUT2D eigenvalue weighted by molar-refractivity contribution is -0.121. The van der Waals surface area contributed by atoms with Crippen molar-refractivity contribution in [3.63, 3.8) is 0 Å². The zero-order valence-electron chi connectivity index (χ0n) is 18.4. The first-order valence-corrected chi connectivity index (χ1v) is 11.3. The fraction of sp³-hybridized carbons (Fsp3) is 0.720. The quantitative estimate of drug-likeness (QED) is 0.295. The highest BCUT2D eigenvalue weighted by Crippen LogP contribution is 2.50. The Morgan fingerprint density at radius 2 is 2.17 bits per heavy atom. The number of nitrogens with one attached hydrogen (secondary N) is 1. The standard InChI is InChI=1S/C25H39NO3/c1-4-6-9-18(3)23(27)13-12-21-22-16-19(15-20(22)17-24(21)28)10-7-8-11-25(29)26-14-5-2/h10,12-13,18,20-24,27-28H,5,7-9,11,14-17H2,1-3H3,(H,26,29)/t18-,20+,21-,22+,23-,24-/m1/s1. The Bertz CT molecular complexity index is 642. The number of carbonyl (C=O) groups excluding carboxylic acids is 1. The molecule has 0 aromatic heterocycles. The van der Waals surface area contributed by atoms with Crippen molar-refractivity contribution in [1.29, 1.82) is 0 Å². The predicted molar refractivity (Wildman–Crippen MR) is 118 cm³/mol. The molecule has 29 heavy (non-hydrogen) atoms. The molecule has 1 amide bonds. The topological polar surface area (TPSA) is 69.6 Å². The first-order chi connectivity index (χ1) is 14.0. The van der Waals surface area contributed by atoms with E-state index in [0.717, 1.165) is 45.1 Å². The van der Waals surface area contributed by atoms with E-state index in [9.17, 15) is 15.0 Å². The number of aliphatic hydroxyl groups excluding tert-OH is 2. The lowest BCUT2D eigenvalue weighted by atomic mass is 9.89. The molecule has 6 atom stereocenters. The summed E-state index contributed by atoms with van der Waals surface area (Å²) in [4.78, 5) is 11.7. The summed E-state index contributed by atoms with van der Waals surface area (Å²) in [5, 5.41) is 23.8. The van der Waals surface area contributed by atoms with Crippen LogP contribution >= 0.6 is 0 Å². The van der Waals surface area contributed by atoms with E-state index >= 15 is 0 Å². The monoisotopic (exact) mass is 401 g/mol. The van der Waals surface area contributed by atoms with E-state index in [4.69, 9.17) is 0 Å². The molecule has 4 nitrogen and oxygen atoms in total. The molecular formula is C25H39NO3. The van der Waals surface area contributed by atoms with Crippen LogP contribution in [0.4, 0.5) is 0 Å². The molecule has 2 aliphatic rings. The fourth-order valence-corrected chi connectivity index (χ4v) is 4.68. The van der Waals surface area contributed by atoms with Gasteiger partial charge in [-0.15, -0.1) is 11.8 Å². The second-order valence-corrected chi connectivity index (χ2v) is 8.80. The number of amides is 1. The van der Waals surface area contributed by atoms with Crippen molar-refractivity contribution in [2.24, 2.45) is 23.7 Å². The van der Waals surface area contributed by atoms with Crippen LogP contribution in [-0.2, 0) is 4.79 Å². The summed E-state index contributed by atoms with van der Waals surface area (Å²) in [6.45, 7) is 6.64. The van der Waals surface area contributed by atoms with Gasteiger partial charge in [0.1, 0.15) is 0 Å². The average Bonchev–Trinajstić information content (AvgIpc) is 3.22. The molecule has 0 aliphatic heterocycles. The molecule has 2 aliphatic carbocycles. The third kappa shape index (κ3) is 7.32. The Morgan fingerprint density at radius 1 is 1.38 bits per heavy atom. The van der Waals surface area contributed by atoms with E-state index in [0.29, 0.717) is 24.7 Å². The Labute approximate surface area is 176 Å². The molecule has 0 saturated heterocycles. The highest BCUT2D eigenvalue weighted by molar-refractivity contribution is 5.75. The van der Waals surface area contributed by atoms with E-state index in [2.05, 4.69) is 36.2 Å². The molecule has 4 heteroatoms. The minimum absolute atomic E-state index is 0.0987. The van der Waals surface area contributed by atoms with Gasteiger partial charge in [-0.2, -0.15) is 0 Å². The van der Waals surface area contributed by atoms with Gasteiger partial charge in [0, 0.05) is 25.3 Å². The van der Waals surface area contributed by atoms with Gasteiger partial charge in [-0.1, -0.05) is 37.6 Å². The first kappa shape index (κ1) is 23.7. The number of allylic oxidation sites excluding steroid dienone is 2. The van der Waals surface area contributed by atoms with Crippen molar-refractivity contribution in [3.8, 4) is 11.8 Å². The Balaban J connectivity index is 1.82. The second kappa shape index (κ2) is 12.2. The van der Waals surface area contributed by atoms with E-state index in [1.165, 1.54) is 5.57 Å². The minimum Gasteiger partial charge on any atom is -0.392 e. The molecule has 0 aromatic rings. The van der Waals surface area contributed by atoms with Gasteiger partial charge in [0.15, 0.2) is 0 Å². The van der Waals surface area contributed by atoms with E-state index in [1.54, 1.807) is 0 Å². The van der Waals surface area contributed by atoms with E-state index in [-0.39, 0.29) is 23.8 Å². The summed E-state index contributed by atoms with van der Waals surface area (Å²) < 4.78 is 0. The first-order valence-electron chi connectivity index (χ1n) is 11.3. The Kier molecular flexibility index (Phi) is 9.97. The van der Waals surface area contributed by atoms with Gasteiger partial charge in [0.2, 0.25) is 5.91 Å². The molecule has 3 N–H and O–H groups in total. The molecule has 0 radical (unpaired) electrons. The number of aliphatic hydroxyl groups is 2. The molecule has 2 saturated carbocycles. The summed E-state index contributed by atoms with van der Waals surface area (Å²) in [7, 11) is 0. The summed E-state index contributed by atoms with van der Waals surface area (Å²) in [6.07, 6.45) is 12.5. The third-order valence-electron chi connectivity index (χ3n) is 6.44. The van der Waals surface area contributed by atoms with Crippen LogP contribution in [0.1, 0.15) is 72.1 Å². The van der Waals surface area contributed by atoms with Crippen LogP contribution in [0.5, 0.6) is 0 Å². The van der Waals surface area contributed by atoms with Crippen LogP contribution in [0.3, 0.4) is 0 Å². The molecule has 0 spiro atoms. The van der Waals surface area contributed by atoms with Crippen LogP contribution in [0.15, 0.2) is 23.8 Å². The lowest BCUT2D eigenvalue weighted by Gasteiger charge is -2.19. The molecule has 2 fully saturated rings. The number of hydrogen-bond donors (Lipinski definition) is 3. The highest BCUT2D eigenvalue weighted by Gasteiger charge is 2.44. The van der Waals surface area contributed by atoms with Gasteiger partial charge in [-0.05, 0) is 63.2 Å². The van der Waals surface area contributed by atoms with Crippen LogP contribution in [-0.4, -0.2) is 34.9 Å². The molecule has 0 bridgehead atoms. The number of unbranched alkanes of at least 4 members (excludes halogenated alkanes) is 1. The van der Waals surface area contributed by atoms with Gasteiger partial charge in [-0.3, -0.25) is 4.79 Å². The minimum atomic E-state index is -0.516. The Morgan fingerprint density at radius 3 is 2.90 bits per heavy atom. The van der Waals surface area contributed by atoms with E-state index < -0.39 is 6.10 Å². The van der Waals surface area contributed by atoms with E-state index in [1.807, 2.05) is 19.9 Å². The van der Waals surface area contributed by atoms with Crippen LogP contribution < -0.4 is 5.32 Å². The van der Waals surface area contributed by atoms with Gasteiger partial charge in [0.05, 0.1) is 12.2 Å². The summed E-state index contributed by atoms with van der Waals surface area (Å²) in [5.74, 6) is 7.29. The molecule has 0 unspecified atom stereocenters. The van der Waals surface area contributed by atoms with Crippen LogP contribution in [0, 0.1) is 35.5 Å². The number of carbonyl (C=O) groups is 1. The van der Waals surface area contributed by atoms with Gasteiger partial charge in [-0.25, -0.2) is 0 Å². The maximum atomic E-state index is 11.7. The third-order valence-corrected chi connectivity index (χ3v) is 6.44. The van der Waals surface area contributed by atoms with Crippen molar-refractivity contribution >= 4 is 5.91 Å². The fourth-order valence-electron chi connectivity index (χ4n) is 4.68. The number of fused-ring (bicyclic) bond motifs is 1. The predicted octanol–water partition coefficient (Wildman–Crippen LogP) is 3.98. The highest BCUT2D eigenvalue weighted by atomic mass is 16.3. The average molecular weight is 402 g/mol. The van der Waals surface area contributed by atoms with Crippen LogP contribution in [0.2, 0.25) is 0 Å². The maximum Gasteiger partial charge on any atom is 0.220 e. The molecule has 162 valence electrons. The summed E-state index contributed by atoms with van der Waals surface area (Å²) in [6, 6.07) is 0. The van der Waals surface area contributed by atoms with Gasteiger partial charge >= 0.3 is 0 Å². The lowest BCUT2D eigenvalue weighted by Crippen LogP contribution is -2.23. The summed E-state index contributed by atoms with van der Waals surface area (Å²) in [5.41, 5.74) is 1.48. The van der Waals surface area contributed by atoms with Crippen LogP contribution in [0.25, 0.3) is 0 Å². The van der Waals surface area contributed by atoms with Crippen molar-refractivity contribution in [1.82, 2.24) is 5.32 Å². The smallest absolute Gasteiger partial charge is 0.220 e. The normalized spacial score (nSPS) is 29.5. The van der Waals surface area contributed by atoms with Crippen molar-refractivity contribution in [3.05, 3.63) is 23.8 Å². The second-order valence-electron chi connectivity index (χ2n) is 8.80. The van der Waals surface area contributed by atoms with Gasteiger partial charge < -0.3 is 15.5 Å². The SMILES string of the molecule is CC#CC[C@@H](C)[C@H](O)C=C[C@@H]1[C@H]2CC(=CCCCC(=O)NCCC)C[C@H]2C[C@H]1O.